The van der Waals surface area contributed by atoms with Gasteiger partial charge in [0.25, 0.3) is 0 Å². The average molecular weight is 277 g/mol. The molecule has 4 heteroatoms. The van der Waals surface area contributed by atoms with Gasteiger partial charge in [0, 0.05) is 12.0 Å². The molecule has 2 rings (SSSR count). The fourth-order valence-corrected chi connectivity index (χ4v) is 2.02. The molecule has 1 N–H and O–H groups in total. The van der Waals surface area contributed by atoms with E-state index in [4.69, 9.17) is 9.47 Å². The van der Waals surface area contributed by atoms with Gasteiger partial charge in [0.05, 0.1) is 26.2 Å². The van der Waals surface area contributed by atoms with E-state index in [1.165, 1.54) is 11.1 Å². The molecule has 1 amide bonds. The summed E-state index contributed by atoms with van der Waals surface area (Å²) in [5.41, 5.74) is 2.56. The lowest BCUT2D eigenvalue weighted by Gasteiger charge is -2.38. The summed E-state index contributed by atoms with van der Waals surface area (Å²) in [6, 6.07) is 5.97. The first kappa shape index (κ1) is 14.9. The lowest BCUT2D eigenvalue weighted by atomic mass is 9.89. The maximum absolute atomic E-state index is 11.7. The van der Waals surface area contributed by atoms with E-state index in [-0.39, 0.29) is 11.3 Å². The number of benzene rings is 1. The largest absolute Gasteiger partial charge is 0.493 e. The lowest BCUT2D eigenvalue weighted by molar-refractivity contribution is -0.127. The van der Waals surface area contributed by atoms with Crippen molar-refractivity contribution in [2.75, 3.05) is 26.4 Å². The van der Waals surface area contributed by atoms with Crippen molar-refractivity contribution in [3.05, 3.63) is 29.3 Å². The number of hydrogen-bond acceptors (Lipinski definition) is 3. The molecule has 1 fully saturated rings. The van der Waals surface area contributed by atoms with Crippen LogP contribution in [0.25, 0.3) is 0 Å². The molecule has 20 heavy (non-hydrogen) atoms. The van der Waals surface area contributed by atoms with Crippen molar-refractivity contribution in [3.8, 4) is 5.75 Å². The molecule has 1 aromatic carbocycles. The van der Waals surface area contributed by atoms with E-state index >= 15 is 0 Å². The summed E-state index contributed by atoms with van der Waals surface area (Å²) in [7, 11) is 0. The molecular weight excluding hydrogens is 254 g/mol. The second kappa shape index (κ2) is 6.27. The van der Waals surface area contributed by atoms with Gasteiger partial charge >= 0.3 is 0 Å². The zero-order valence-corrected chi connectivity index (χ0v) is 12.5. The summed E-state index contributed by atoms with van der Waals surface area (Å²) in [6.45, 7) is 8.77. The van der Waals surface area contributed by atoms with Gasteiger partial charge in [-0.05, 0) is 37.1 Å². The Morgan fingerprint density at radius 2 is 2.10 bits per heavy atom. The first-order valence-corrected chi connectivity index (χ1v) is 7.03. The number of rotatable bonds is 6. The second-order valence-electron chi connectivity index (χ2n) is 5.92. The molecule has 0 atom stereocenters. The Labute approximate surface area is 120 Å². The van der Waals surface area contributed by atoms with Crippen molar-refractivity contribution in [1.82, 2.24) is 5.32 Å². The zero-order valence-electron chi connectivity index (χ0n) is 12.5. The zero-order chi connectivity index (χ0) is 14.6. The summed E-state index contributed by atoms with van der Waals surface area (Å²) in [6.07, 6.45) is 0.379. The van der Waals surface area contributed by atoms with E-state index in [0.717, 1.165) is 19.0 Å². The second-order valence-corrected chi connectivity index (χ2v) is 5.92. The number of nitrogens with one attached hydrogen (secondary N) is 1. The molecular formula is C16H23NO3. The van der Waals surface area contributed by atoms with Crippen LogP contribution in [0.2, 0.25) is 0 Å². The Morgan fingerprint density at radius 3 is 2.70 bits per heavy atom. The first-order chi connectivity index (χ1) is 9.48. The molecule has 4 nitrogen and oxygen atoms in total. The van der Waals surface area contributed by atoms with E-state index in [0.29, 0.717) is 19.6 Å². The minimum Gasteiger partial charge on any atom is -0.493 e. The molecule has 1 heterocycles. The van der Waals surface area contributed by atoms with Crippen LogP contribution in [0.5, 0.6) is 5.75 Å². The molecule has 0 spiro atoms. The Morgan fingerprint density at radius 1 is 1.35 bits per heavy atom. The molecule has 1 aliphatic rings. The van der Waals surface area contributed by atoms with Crippen molar-refractivity contribution < 1.29 is 14.3 Å². The molecule has 0 bridgehead atoms. The van der Waals surface area contributed by atoms with E-state index in [1.807, 2.05) is 18.2 Å². The molecule has 1 saturated heterocycles. The number of carbonyl (C=O) groups excluding carboxylic acids is 1. The van der Waals surface area contributed by atoms with Gasteiger partial charge in [-0.2, -0.15) is 0 Å². The molecule has 110 valence electrons. The molecule has 0 unspecified atom stereocenters. The van der Waals surface area contributed by atoms with Crippen LogP contribution in [0.4, 0.5) is 0 Å². The highest BCUT2D eigenvalue weighted by Crippen LogP contribution is 2.25. The standard InChI is InChI=1S/C16H23NO3/c1-12-4-5-14(8-13(12)2)20-7-6-15(18)17-9-16(3)10-19-11-16/h4-5,8H,6-7,9-11H2,1-3H3,(H,17,18). The van der Waals surface area contributed by atoms with Crippen LogP contribution in [0.1, 0.15) is 24.5 Å². The molecule has 1 aliphatic heterocycles. The van der Waals surface area contributed by atoms with Gasteiger partial charge in [0.2, 0.25) is 5.91 Å². The molecule has 0 saturated carbocycles. The maximum Gasteiger partial charge on any atom is 0.223 e. The summed E-state index contributed by atoms with van der Waals surface area (Å²) in [5, 5.41) is 2.93. The van der Waals surface area contributed by atoms with E-state index in [1.54, 1.807) is 0 Å². The summed E-state index contributed by atoms with van der Waals surface area (Å²) in [5.74, 6) is 0.849. The van der Waals surface area contributed by atoms with Crippen LogP contribution in [0.3, 0.4) is 0 Å². The minimum atomic E-state index is 0.0296. The van der Waals surface area contributed by atoms with Gasteiger partial charge in [-0.3, -0.25) is 4.79 Å². The monoisotopic (exact) mass is 277 g/mol. The van der Waals surface area contributed by atoms with Gasteiger partial charge in [0.1, 0.15) is 5.75 Å². The van der Waals surface area contributed by atoms with E-state index < -0.39 is 0 Å². The van der Waals surface area contributed by atoms with Crippen molar-refractivity contribution in [1.29, 1.82) is 0 Å². The van der Waals surface area contributed by atoms with Gasteiger partial charge in [-0.25, -0.2) is 0 Å². The van der Waals surface area contributed by atoms with Crippen LogP contribution < -0.4 is 10.1 Å². The minimum absolute atomic E-state index is 0.0296. The van der Waals surface area contributed by atoms with Crippen molar-refractivity contribution in [3.63, 3.8) is 0 Å². The highest BCUT2D eigenvalue weighted by atomic mass is 16.5. The Balaban J connectivity index is 1.67. The SMILES string of the molecule is Cc1ccc(OCCC(=O)NCC2(C)COC2)cc1C. The number of aryl methyl sites for hydroxylation is 2. The molecule has 0 aliphatic carbocycles. The molecule has 0 aromatic heterocycles. The van der Waals surface area contributed by atoms with E-state index in [2.05, 4.69) is 26.1 Å². The van der Waals surface area contributed by atoms with Crippen molar-refractivity contribution in [2.45, 2.75) is 27.2 Å². The van der Waals surface area contributed by atoms with Gasteiger partial charge in [0.15, 0.2) is 0 Å². The van der Waals surface area contributed by atoms with E-state index in [9.17, 15) is 4.79 Å². The predicted molar refractivity (Wildman–Crippen MR) is 78.0 cm³/mol. The van der Waals surface area contributed by atoms with Crippen molar-refractivity contribution >= 4 is 5.91 Å². The first-order valence-electron chi connectivity index (χ1n) is 7.03. The quantitative estimate of drug-likeness (QED) is 0.867. The van der Waals surface area contributed by atoms with Crippen LogP contribution in [0.15, 0.2) is 18.2 Å². The summed E-state index contributed by atoms with van der Waals surface area (Å²) in [4.78, 5) is 11.7. The number of ether oxygens (including phenoxy) is 2. The number of carbonyl (C=O) groups is 1. The van der Waals surface area contributed by atoms with Gasteiger partial charge < -0.3 is 14.8 Å². The third kappa shape index (κ3) is 3.97. The Kier molecular flexibility index (Phi) is 4.65. The number of hydrogen-bond donors (Lipinski definition) is 1. The summed E-state index contributed by atoms with van der Waals surface area (Å²) >= 11 is 0. The van der Waals surface area contributed by atoms with Crippen LogP contribution in [0, 0.1) is 19.3 Å². The van der Waals surface area contributed by atoms with Crippen LogP contribution >= 0.6 is 0 Å². The van der Waals surface area contributed by atoms with Gasteiger partial charge in [-0.15, -0.1) is 0 Å². The fraction of sp³-hybridized carbons (Fsp3) is 0.562. The Bertz CT molecular complexity index is 481. The highest BCUT2D eigenvalue weighted by molar-refractivity contribution is 5.76. The maximum atomic E-state index is 11.7. The fourth-order valence-electron chi connectivity index (χ4n) is 2.02. The van der Waals surface area contributed by atoms with Crippen molar-refractivity contribution in [2.24, 2.45) is 5.41 Å². The average Bonchev–Trinajstić information content (AvgIpc) is 2.38. The predicted octanol–water partition coefficient (Wildman–Crippen LogP) is 2.23. The number of amides is 1. The third-order valence-electron chi connectivity index (χ3n) is 3.69. The van der Waals surface area contributed by atoms with Crippen LogP contribution in [-0.2, 0) is 9.53 Å². The Hall–Kier alpha value is -1.55. The topological polar surface area (TPSA) is 47.6 Å². The summed E-state index contributed by atoms with van der Waals surface area (Å²) < 4.78 is 10.8. The molecule has 0 radical (unpaired) electrons. The third-order valence-corrected chi connectivity index (χ3v) is 3.69. The van der Waals surface area contributed by atoms with Crippen LogP contribution in [-0.4, -0.2) is 32.3 Å². The smallest absolute Gasteiger partial charge is 0.223 e. The van der Waals surface area contributed by atoms with Gasteiger partial charge in [-0.1, -0.05) is 13.0 Å². The molecule has 1 aromatic rings. The normalized spacial score (nSPS) is 16.4. The highest BCUT2D eigenvalue weighted by Gasteiger charge is 2.33. The lowest BCUT2D eigenvalue weighted by Crippen LogP contribution is -2.48.